The molecule has 156 valence electrons. The smallest absolute Gasteiger partial charge is 0.326 e. The van der Waals surface area contributed by atoms with Gasteiger partial charge in [-0.05, 0) is 38.8 Å². The van der Waals surface area contributed by atoms with Crippen molar-refractivity contribution in [1.29, 1.82) is 0 Å². The molecule has 0 saturated carbocycles. The number of para-hydroxylation sites is 1. The number of aldehydes is 1. The van der Waals surface area contributed by atoms with Crippen LogP contribution < -0.4 is 10.6 Å². The van der Waals surface area contributed by atoms with Gasteiger partial charge >= 0.3 is 5.97 Å². The SMILES string of the molecule is Cc1nc(NC(=O)c2ccccc2NC(CCCCCCC=O)C(=O)O)sc1C. The van der Waals surface area contributed by atoms with Gasteiger partial charge < -0.3 is 15.2 Å². The third-order valence-electron chi connectivity index (χ3n) is 4.61. The lowest BCUT2D eigenvalue weighted by atomic mass is 10.0. The Morgan fingerprint density at radius 3 is 2.55 bits per heavy atom. The quantitative estimate of drug-likeness (QED) is 0.348. The molecule has 0 bridgehead atoms. The third-order valence-corrected chi connectivity index (χ3v) is 5.60. The fraction of sp³-hybridized carbons (Fsp3) is 0.429. The van der Waals surface area contributed by atoms with Crippen molar-refractivity contribution in [3.8, 4) is 0 Å². The molecule has 1 atom stereocenters. The first-order chi connectivity index (χ1) is 13.9. The maximum atomic E-state index is 12.7. The van der Waals surface area contributed by atoms with E-state index in [4.69, 9.17) is 0 Å². The van der Waals surface area contributed by atoms with Crippen molar-refractivity contribution in [2.24, 2.45) is 0 Å². The number of unbranched alkanes of at least 4 members (excludes halogenated alkanes) is 4. The van der Waals surface area contributed by atoms with Crippen molar-refractivity contribution in [2.45, 2.75) is 58.4 Å². The summed E-state index contributed by atoms with van der Waals surface area (Å²) in [7, 11) is 0. The van der Waals surface area contributed by atoms with Crippen molar-refractivity contribution < 1.29 is 19.5 Å². The second kappa shape index (κ2) is 11.3. The number of nitrogens with zero attached hydrogens (tertiary/aromatic N) is 1. The second-order valence-electron chi connectivity index (χ2n) is 6.85. The highest BCUT2D eigenvalue weighted by Gasteiger charge is 2.20. The average Bonchev–Trinajstić information content (AvgIpc) is 3.00. The molecule has 0 spiro atoms. The van der Waals surface area contributed by atoms with Gasteiger partial charge in [0.2, 0.25) is 0 Å². The molecule has 0 saturated heterocycles. The summed E-state index contributed by atoms with van der Waals surface area (Å²) in [6.07, 6.45) is 5.21. The molecule has 7 nitrogen and oxygen atoms in total. The maximum Gasteiger partial charge on any atom is 0.326 e. The van der Waals surface area contributed by atoms with E-state index in [1.54, 1.807) is 24.3 Å². The first-order valence-corrected chi connectivity index (χ1v) is 10.5. The lowest BCUT2D eigenvalue weighted by Crippen LogP contribution is -2.30. The normalized spacial score (nSPS) is 11.7. The topological polar surface area (TPSA) is 108 Å². The first-order valence-electron chi connectivity index (χ1n) is 9.69. The number of carboxylic acid groups (broad SMARTS) is 1. The molecule has 1 unspecified atom stereocenters. The molecule has 1 amide bonds. The lowest BCUT2D eigenvalue weighted by Gasteiger charge is -2.18. The summed E-state index contributed by atoms with van der Waals surface area (Å²) in [5, 5.41) is 15.9. The summed E-state index contributed by atoms with van der Waals surface area (Å²) in [6, 6.07) is 6.06. The van der Waals surface area contributed by atoms with Gasteiger partial charge in [0.1, 0.15) is 12.3 Å². The summed E-state index contributed by atoms with van der Waals surface area (Å²) < 4.78 is 0. The molecule has 1 heterocycles. The molecule has 0 aliphatic carbocycles. The van der Waals surface area contributed by atoms with Crippen LogP contribution in [-0.2, 0) is 9.59 Å². The average molecular weight is 418 g/mol. The van der Waals surface area contributed by atoms with E-state index < -0.39 is 12.0 Å². The van der Waals surface area contributed by atoms with Crippen LogP contribution in [0.5, 0.6) is 0 Å². The molecule has 0 aliphatic rings. The van der Waals surface area contributed by atoms with Crippen molar-refractivity contribution in [3.63, 3.8) is 0 Å². The van der Waals surface area contributed by atoms with E-state index in [0.29, 0.717) is 29.2 Å². The van der Waals surface area contributed by atoms with Crippen molar-refractivity contribution in [1.82, 2.24) is 4.98 Å². The van der Waals surface area contributed by atoms with Gasteiger partial charge in [-0.25, -0.2) is 9.78 Å². The number of carbonyl (C=O) groups excluding carboxylic acids is 2. The van der Waals surface area contributed by atoms with E-state index in [2.05, 4.69) is 15.6 Å². The van der Waals surface area contributed by atoms with Gasteiger partial charge in [0.05, 0.1) is 11.3 Å². The minimum atomic E-state index is -0.959. The number of benzene rings is 1. The minimum absolute atomic E-state index is 0.333. The number of hydrogen-bond donors (Lipinski definition) is 3. The first kappa shape index (κ1) is 22.5. The number of nitrogens with one attached hydrogen (secondary N) is 2. The molecule has 2 aromatic rings. The molecule has 1 aromatic heterocycles. The highest BCUT2D eigenvalue weighted by atomic mass is 32.1. The van der Waals surface area contributed by atoms with Crippen LogP contribution in [0.15, 0.2) is 24.3 Å². The molecule has 0 aliphatic heterocycles. The van der Waals surface area contributed by atoms with Crippen LogP contribution in [0.4, 0.5) is 10.8 Å². The summed E-state index contributed by atoms with van der Waals surface area (Å²) in [5.74, 6) is -1.29. The maximum absolute atomic E-state index is 12.7. The monoisotopic (exact) mass is 417 g/mol. The van der Waals surface area contributed by atoms with Crippen LogP contribution >= 0.6 is 11.3 Å². The molecular formula is C21H27N3O4S. The minimum Gasteiger partial charge on any atom is -0.480 e. The zero-order valence-electron chi connectivity index (χ0n) is 16.7. The van der Waals surface area contributed by atoms with Crippen LogP contribution in [0.2, 0.25) is 0 Å². The van der Waals surface area contributed by atoms with Gasteiger partial charge in [0.15, 0.2) is 5.13 Å². The number of aromatic nitrogens is 1. The zero-order valence-corrected chi connectivity index (χ0v) is 17.6. The Labute approximate surface area is 174 Å². The highest BCUT2D eigenvalue weighted by molar-refractivity contribution is 7.15. The van der Waals surface area contributed by atoms with Crippen LogP contribution in [0.25, 0.3) is 0 Å². The standard InChI is InChI=1S/C21H27N3O4S/c1-14-15(2)29-21(22-14)24-19(26)16-10-7-8-11-17(16)23-18(20(27)28)12-6-4-3-5-9-13-25/h7-8,10-11,13,18,23H,3-6,9,12H2,1-2H3,(H,27,28)(H,22,24,26). The van der Waals surface area contributed by atoms with E-state index in [1.807, 2.05) is 13.8 Å². The van der Waals surface area contributed by atoms with Gasteiger partial charge in [-0.2, -0.15) is 0 Å². The Bertz CT molecular complexity index is 831. The van der Waals surface area contributed by atoms with Crippen LogP contribution in [-0.4, -0.2) is 34.3 Å². The zero-order chi connectivity index (χ0) is 21.2. The predicted molar refractivity (Wildman–Crippen MR) is 115 cm³/mol. The molecular weight excluding hydrogens is 390 g/mol. The van der Waals surface area contributed by atoms with Crippen molar-refractivity contribution >= 4 is 40.3 Å². The van der Waals surface area contributed by atoms with E-state index in [-0.39, 0.29) is 5.91 Å². The van der Waals surface area contributed by atoms with Crippen LogP contribution in [0, 0.1) is 13.8 Å². The summed E-state index contributed by atoms with van der Waals surface area (Å²) >= 11 is 1.40. The van der Waals surface area contributed by atoms with Crippen molar-refractivity contribution in [2.75, 3.05) is 10.6 Å². The molecule has 0 radical (unpaired) electrons. The van der Waals surface area contributed by atoms with E-state index in [9.17, 15) is 19.5 Å². The molecule has 8 heteroatoms. The van der Waals surface area contributed by atoms with Gasteiger partial charge in [-0.3, -0.25) is 10.1 Å². The number of carboxylic acids is 1. The highest BCUT2D eigenvalue weighted by Crippen LogP contribution is 2.24. The fourth-order valence-electron chi connectivity index (χ4n) is 2.87. The molecule has 2 rings (SSSR count). The Morgan fingerprint density at radius 1 is 1.17 bits per heavy atom. The number of rotatable bonds is 12. The van der Waals surface area contributed by atoms with E-state index in [0.717, 1.165) is 42.5 Å². The number of anilines is 2. The Balaban J connectivity index is 2.02. The number of carbonyl (C=O) groups is 3. The Morgan fingerprint density at radius 2 is 1.90 bits per heavy atom. The fourth-order valence-corrected chi connectivity index (χ4v) is 3.68. The summed E-state index contributed by atoms with van der Waals surface area (Å²) in [5.41, 5.74) is 1.72. The summed E-state index contributed by atoms with van der Waals surface area (Å²) in [4.78, 5) is 40.1. The molecule has 0 fully saturated rings. The van der Waals surface area contributed by atoms with Gasteiger partial charge in [0.25, 0.3) is 5.91 Å². The number of hydrogen-bond acceptors (Lipinski definition) is 6. The Hall–Kier alpha value is -2.74. The molecule has 3 N–H and O–H groups in total. The third kappa shape index (κ3) is 6.98. The van der Waals surface area contributed by atoms with Crippen LogP contribution in [0.3, 0.4) is 0 Å². The van der Waals surface area contributed by atoms with Crippen molar-refractivity contribution in [3.05, 3.63) is 40.4 Å². The predicted octanol–water partition coefficient (Wildman–Crippen LogP) is 4.42. The number of amides is 1. The van der Waals surface area contributed by atoms with Crippen LogP contribution in [0.1, 0.15) is 59.5 Å². The van der Waals surface area contributed by atoms with E-state index >= 15 is 0 Å². The number of thiazole rings is 1. The second-order valence-corrected chi connectivity index (χ2v) is 8.06. The largest absolute Gasteiger partial charge is 0.480 e. The van der Waals surface area contributed by atoms with Gasteiger partial charge in [-0.1, -0.05) is 31.4 Å². The van der Waals surface area contributed by atoms with E-state index in [1.165, 1.54) is 11.3 Å². The van der Waals surface area contributed by atoms with Gasteiger partial charge in [-0.15, -0.1) is 11.3 Å². The summed E-state index contributed by atoms with van der Waals surface area (Å²) in [6.45, 7) is 3.82. The number of aryl methyl sites for hydroxylation is 2. The number of aliphatic carboxylic acids is 1. The van der Waals surface area contributed by atoms with Gasteiger partial charge in [0, 0.05) is 17.0 Å². The molecule has 1 aromatic carbocycles. The lowest BCUT2D eigenvalue weighted by molar-refractivity contribution is -0.138. The Kier molecular flexibility index (Phi) is 8.79. The molecule has 29 heavy (non-hydrogen) atoms.